The predicted molar refractivity (Wildman–Crippen MR) is 90.9 cm³/mol. The Balaban J connectivity index is 1.61. The van der Waals surface area contributed by atoms with E-state index in [-0.39, 0.29) is 0 Å². The van der Waals surface area contributed by atoms with Gasteiger partial charge in [-0.25, -0.2) is 0 Å². The molecule has 1 N–H and O–H groups in total. The van der Waals surface area contributed by atoms with Gasteiger partial charge in [-0.05, 0) is 61.0 Å². The molecule has 1 atom stereocenters. The molecule has 21 heavy (non-hydrogen) atoms. The second kappa shape index (κ2) is 6.37. The van der Waals surface area contributed by atoms with Crippen LogP contribution in [0.5, 0.6) is 0 Å². The summed E-state index contributed by atoms with van der Waals surface area (Å²) >= 11 is 1.75. The van der Waals surface area contributed by atoms with E-state index in [0.29, 0.717) is 6.04 Å². The normalized spacial score (nSPS) is 12.7. The molecule has 2 aromatic heterocycles. The second-order valence-corrected chi connectivity index (χ2v) is 6.37. The first kappa shape index (κ1) is 14.2. The molecule has 1 unspecified atom stereocenters. The van der Waals surface area contributed by atoms with Crippen LogP contribution in [0.25, 0.3) is 10.2 Å². The molecule has 0 fully saturated rings. The van der Waals surface area contributed by atoms with Crippen molar-refractivity contribution in [1.82, 2.24) is 10.3 Å². The van der Waals surface area contributed by atoms with E-state index in [1.807, 2.05) is 6.20 Å². The molecule has 2 nitrogen and oxygen atoms in total. The Bertz CT molecular complexity index is 733. The average Bonchev–Trinajstić information content (AvgIpc) is 2.96. The van der Waals surface area contributed by atoms with Gasteiger partial charge in [-0.15, -0.1) is 11.3 Å². The van der Waals surface area contributed by atoms with Gasteiger partial charge in [0.25, 0.3) is 0 Å². The van der Waals surface area contributed by atoms with E-state index >= 15 is 0 Å². The first-order valence-corrected chi connectivity index (χ1v) is 8.23. The van der Waals surface area contributed by atoms with E-state index in [1.165, 1.54) is 21.4 Å². The average molecular weight is 296 g/mol. The van der Waals surface area contributed by atoms with Gasteiger partial charge >= 0.3 is 0 Å². The lowest BCUT2D eigenvalue weighted by Crippen LogP contribution is -2.21. The van der Waals surface area contributed by atoms with E-state index in [4.69, 9.17) is 0 Å². The zero-order valence-electron chi connectivity index (χ0n) is 12.5. The Morgan fingerprint density at radius 2 is 2.10 bits per heavy atom. The molecule has 0 aliphatic rings. The Morgan fingerprint density at radius 3 is 2.95 bits per heavy atom. The monoisotopic (exact) mass is 296 g/mol. The first-order chi connectivity index (χ1) is 10.2. The van der Waals surface area contributed by atoms with Gasteiger partial charge in [-0.3, -0.25) is 4.98 Å². The van der Waals surface area contributed by atoms with Gasteiger partial charge in [-0.1, -0.05) is 24.3 Å². The molecule has 0 aliphatic heterocycles. The van der Waals surface area contributed by atoms with Crippen molar-refractivity contribution in [2.75, 3.05) is 6.54 Å². The SMILES string of the molecule is Cc1ccccc1CCNC(C)c1cnc2ccsc2c1. The third kappa shape index (κ3) is 3.31. The molecular weight excluding hydrogens is 276 g/mol. The maximum atomic E-state index is 4.51. The van der Waals surface area contributed by atoms with Gasteiger partial charge in [0.1, 0.15) is 0 Å². The van der Waals surface area contributed by atoms with Crippen molar-refractivity contribution < 1.29 is 0 Å². The van der Waals surface area contributed by atoms with Gasteiger partial charge < -0.3 is 5.32 Å². The van der Waals surface area contributed by atoms with Crippen LogP contribution in [-0.2, 0) is 6.42 Å². The topological polar surface area (TPSA) is 24.9 Å². The number of hydrogen-bond acceptors (Lipinski definition) is 3. The fraction of sp³-hybridized carbons (Fsp3) is 0.278. The zero-order chi connectivity index (χ0) is 14.7. The van der Waals surface area contributed by atoms with E-state index in [9.17, 15) is 0 Å². The number of pyridine rings is 1. The first-order valence-electron chi connectivity index (χ1n) is 7.35. The molecule has 0 saturated heterocycles. The van der Waals surface area contributed by atoms with Gasteiger partial charge in [0.05, 0.1) is 10.2 Å². The number of nitrogens with zero attached hydrogens (tertiary/aromatic N) is 1. The van der Waals surface area contributed by atoms with Crippen molar-refractivity contribution in [3.63, 3.8) is 0 Å². The summed E-state index contributed by atoms with van der Waals surface area (Å²) in [4.78, 5) is 4.51. The highest BCUT2D eigenvalue weighted by Crippen LogP contribution is 2.22. The minimum atomic E-state index is 0.327. The third-order valence-corrected chi connectivity index (χ3v) is 4.78. The lowest BCUT2D eigenvalue weighted by Gasteiger charge is -2.14. The van der Waals surface area contributed by atoms with Crippen molar-refractivity contribution in [1.29, 1.82) is 0 Å². The molecular formula is C18H20N2S. The smallest absolute Gasteiger partial charge is 0.0809 e. The molecule has 0 saturated carbocycles. The van der Waals surface area contributed by atoms with Crippen LogP contribution in [-0.4, -0.2) is 11.5 Å². The number of benzene rings is 1. The lowest BCUT2D eigenvalue weighted by atomic mass is 10.1. The summed E-state index contributed by atoms with van der Waals surface area (Å²) in [6.45, 7) is 5.36. The van der Waals surface area contributed by atoms with E-state index < -0.39 is 0 Å². The molecule has 3 rings (SSSR count). The van der Waals surface area contributed by atoms with Crippen LogP contribution in [0, 0.1) is 6.92 Å². The molecule has 3 aromatic rings. The molecule has 3 heteroatoms. The highest BCUT2D eigenvalue weighted by atomic mass is 32.1. The molecule has 2 heterocycles. The summed E-state index contributed by atoms with van der Waals surface area (Å²) in [5.74, 6) is 0. The largest absolute Gasteiger partial charge is 0.310 e. The van der Waals surface area contributed by atoms with E-state index in [0.717, 1.165) is 18.5 Å². The van der Waals surface area contributed by atoms with Crippen LogP contribution >= 0.6 is 11.3 Å². The van der Waals surface area contributed by atoms with E-state index in [1.54, 1.807) is 11.3 Å². The van der Waals surface area contributed by atoms with Crippen LogP contribution < -0.4 is 5.32 Å². The van der Waals surface area contributed by atoms with Crippen molar-refractivity contribution in [3.8, 4) is 0 Å². The minimum absolute atomic E-state index is 0.327. The summed E-state index contributed by atoms with van der Waals surface area (Å²) < 4.78 is 1.26. The number of thiophene rings is 1. The Labute approximate surface area is 129 Å². The number of nitrogens with one attached hydrogen (secondary N) is 1. The van der Waals surface area contributed by atoms with Crippen LogP contribution in [0.2, 0.25) is 0 Å². The summed E-state index contributed by atoms with van der Waals surface area (Å²) in [6.07, 6.45) is 3.05. The maximum absolute atomic E-state index is 4.51. The van der Waals surface area contributed by atoms with Crippen LogP contribution in [0.15, 0.2) is 48.0 Å². The van der Waals surface area contributed by atoms with Crippen molar-refractivity contribution in [2.24, 2.45) is 0 Å². The molecule has 0 amide bonds. The van der Waals surface area contributed by atoms with Crippen molar-refractivity contribution >= 4 is 21.6 Å². The molecule has 1 aromatic carbocycles. The Kier molecular flexibility index (Phi) is 4.32. The van der Waals surface area contributed by atoms with Gasteiger partial charge in [0.15, 0.2) is 0 Å². The quantitative estimate of drug-likeness (QED) is 0.750. The van der Waals surface area contributed by atoms with Crippen molar-refractivity contribution in [2.45, 2.75) is 26.3 Å². The second-order valence-electron chi connectivity index (χ2n) is 5.42. The summed E-state index contributed by atoms with van der Waals surface area (Å²) in [7, 11) is 0. The number of hydrogen-bond donors (Lipinski definition) is 1. The summed E-state index contributed by atoms with van der Waals surface area (Å²) in [5, 5.41) is 5.69. The minimum Gasteiger partial charge on any atom is -0.310 e. The van der Waals surface area contributed by atoms with Gasteiger partial charge in [0, 0.05) is 12.2 Å². The van der Waals surface area contributed by atoms with Crippen LogP contribution in [0.1, 0.15) is 29.7 Å². The number of aromatic nitrogens is 1. The third-order valence-electron chi connectivity index (χ3n) is 3.93. The summed E-state index contributed by atoms with van der Waals surface area (Å²) in [6, 6.07) is 13.2. The molecule has 0 spiro atoms. The highest BCUT2D eigenvalue weighted by Gasteiger charge is 2.07. The van der Waals surface area contributed by atoms with Gasteiger partial charge in [0.2, 0.25) is 0 Å². The number of fused-ring (bicyclic) bond motifs is 1. The zero-order valence-corrected chi connectivity index (χ0v) is 13.3. The van der Waals surface area contributed by atoms with Crippen LogP contribution in [0.4, 0.5) is 0 Å². The molecule has 0 aliphatic carbocycles. The molecule has 108 valence electrons. The number of aryl methyl sites for hydroxylation is 1. The number of rotatable bonds is 5. The maximum Gasteiger partial charge on any atom is 0.0809 e. The van der Waals surface area contributed by atoms with Gasteiger partial charge in [-0.2, -0.15) is 0 Å². The predicted octanol–water partition coefficient (Wildman–Crippen LogP) is 4.50. The lowest BCUT2D eigenvalue weighted by molar-refractivity contribution is 0.575. The fourth-order valence-electron chi connectivity index (χ4n) is 2.53. The Hall–Kier alpha value is -1.71. The van der Waals surface area contributed by atoms with Crippen molar-refractivity contribution in [3.05, 3.63) is 64.7 Å². The Morgan fingerprint density at radius 1 is 1.24 bits per heavy atom. The summed E-state index contributed by atoms with van der Waals surface area (Å²) in [5.41, 5.74) is 5.14. The molecule has 0 radical (unpaired) electrons. The molecule has 0 bridgehead atoms. The van der Waals surface area contributed by atoms with Crippen LogP contribution in [0.3, 0.4) is 0 Å². The fourth-order valence-corrected chi connectivity index (χ4v) is 3.32. The standard InChI is InChI=1S/C18H20N2S/c1-13-5-3-4-6-15(13)7-9-19-14(2)16-11-18-17(20-12-16)8-10-21-18/h3-6,8,10-12,14,19H,7,9H2,1-2H3. The highest BCUT2D eigenvalue weighted by molar-refractivity contribution is 7.17. The van der Waals surface area contributed by atoms with E-state index in [2.05, 4.69) is 65.9 Å².